The fraction of sp³-hybridized carbons (Fsp3) is 0.132. The maximum atomic E-state index is 14.5. The minimum absolute atomic E-state index is 0.298. The van der Waals surface area contributed by atoms with Crippen LogP contribution in [0.3, 0.4) is 0 Å². The van der Waals surface area contributed by atoms with Crippen LogP contribution in [0.25, 0.3) is 16.8 Å². The molecule has 3 aliphatic heterocycles. The molecule has 5 aromatic rings. The Hall–Kier alpha value is -5.49. The van der Waals surface area contributed by atoms with Gasteiger partial charge < -0.3 is 9.64 Å². The van der Waals surface area contributed by atoms with Gasteiger partial charge in [-0.25, -0.2) is 9.69 Å². The molecule has 0 spiro atoms. The van der Waals surface area contributed by atoms with Gasteiger partial charge in [0.1, 0.15) is 6.04 Å². The Morgan fingerprint density at radius 3 is 1.98 bits per heavy atom. The van der Waals surface area contributed by atoms with Crippen LogP contribution in [0.15, 0.2) is 133 Å². The van der Waals surface area contributed by atoms with Gasteiger partial charge in [-0.2, -0.15) is 0 Å². The number of nitrogens with zero attached hydrogens (tertiary/aromatic N) is 2. The number of ether oxygens (including phenoxy) is 1. The lowest BCUT2D eigenvalue weighted by Gasteiger charge is -2.36. The van der Waals surface area contributed by atoms with Crippen molar-refractivity contribution in [3.8, 4) is 0 Å². The highest BCUT2D eigenvalue weighted by molar-refractivity contribution is 6.27. The molecule has 3 aliphatic rings. The fourth-order valence-corrected chi connectivity index (χ4v) is 7.20. The minimum atomic E-state index is -0.998. The second-order valence-corrected chi connectivity index (χ2v) is 11.5. The third-order valence-corrected chi connectivity index (χ3v) is 9.10. The number of carbonyl (C=O) groups excluding carboxylic acids is 3. The Morgan fingerprint density at radius 1 is 0.636 bits per heavy atom. The van der Waals surface area contributed by atoms with Crippen LogP contribution >= 0.6 is 0 Å². The topological polar surface area (TPSA) is 66.9 Å². The lowest BCUT2D eigenvalue weighted by molar-refractivity contribution is -0.151. The highest BCUT2D eigenvalue weighted by atomic mass is 16.5. The molecular weight excluding hydrogens is 548 g/mol. The molecule has 0 aliphatic carbocycles. The predicted molar refractivity (Wildman–Crippen MR) is 170 cm³/mol. The molecule has 44 heavy (non-hydrogen) atoms. The number of benzene rings is 5. The van der Waals surface area contributed by atoms with Gasteiger partial charge in [0.2, 0.25) is 11.8 Å². The number of amides is 2. The molecule has 3 heterocycles. The number of hydrogen-bond donors (Lipinski definition) is 0. The fourth-order valence-electron chi connectivity index (χ4n) is 7.20. The van der Waals surface area contributed by atoms with Crippen molar-refractivity contribution in [2.75, 3.05) is 9.80 Å². The Bertz CT molecular complexity index is 1910. The number of carbonyl (C=O) groups is 3. The molecule has 5 aromatic carbocycles. The molecule has 0 bridgehead atoms. The number of rotatable bonds is 5. The van der Waals surface area contributed by atoms with Crippen LogP contribution < -0.4 is 9.80 Å². The van der Waals surface area contributed by atoms with Crippen molar-refractivity contribution in [3.63, 3.8) is 0 Å². The lowest BCUT2D eigenvalue weighted by atomic mass is 9.88. The zero-order chi connectivity index (χ0) is 29.8. The summed E-state index contributed by atoms with van der Waals surface area (Å²) in [4.78, 5) is 46.6. The van der Waals surface area contributed by atoms with Gasteiger partial charge in [-0.1, -0.05) is 127 Å². The van der Waals surface area contributed by atoms with Crippen LogP contribution in [-0.2, 0) is 19.1 Å². The number of imide groups is 1. The largest absolute Gasteiger partial charge is 0.451 e. The summed E-state index contributed by atoms with van der Waals surface area (Å²) in [5, 5.41) is 1.74. The molecular formula is C38H28N2O4. The van der Waals surface area contributed by atoms with Crippen molar-refractivity contribution in [2.45, 2.75) is 18.2 Å². The maximum absolute atomic E-state index is 14.5. The van der Waals surface area contributed by atoms with Crippen LogP contribution in [0.4, 0.5) is 11.4 Å². The Labute approximate surface area is 254 Å². The number of para-hydroxylation sites is 1. The van der Waals surface area contributed by atoms with Crippen molar-refractivity contribution < 1.29 is 19.1 Å². The van der Waals surface area contributed by atoms with E-state index in [0.29, 0.717) is 5.69 Å². The number of anilines is 2. The van der Waals surface area contributed by atoms with Crippen molar-refractivity contribution in [1.82, 2.24) is 0 Å². The summed E-state index contributed by atoms with van der Waals surface area (Å²) in [5.74, 6) is -2.87. The van der Waals surface area contributed by atoms with Crippen molar-refractivity contribution >= 4 is 46.0 Å². The highest BCUT2D eigenvalue weighted by Crippen LogP contribution is 2.50. The molecule has 4 unspecified atom stereocenters. The summed E-state index contributed by atoms with van der Waals surface area (Å²) in [6.07, 6.45) is 3.26. The van der Waals surface area contributed by atoms with E-state index < -0.39 is 36.0 Å². The highest BCUT2D eigenvalue weighted by Gasteiger charge is 2.65. The molecule has 0 saturated carbocycles. The first-order chi connectivity index (χ1) is 21.6. The van der Waals surface area contributed by atoms with Gasteiger partial charge in [0.05, 0.1) is 23.6 Å². The zero-order valence-corrected chi connectivity index (χ0v) is 23.7. The maximum Gasteiger partial charge on any atom is 0.330 e. The van der Waals surface area contributed by atoms with Crippen LogP contribution in [0.2, 0.25) is 0 Å². The molecule has 8 rings (SSSR count). The number of hydrogen-bond acceptors (Lipinski definition) is 5. The quantitative estimate of drug-likeness (QED) is 0.175. The van der Waals surface area contributed by atoms with E-state index in [2.05, 4.69) is 0 Å². The smallest absolute Gasteiger partial charge is 0.330 e. The summed E-state index contributed by atoms with van der Waals surface area (Å²) in [5.41, 5.74) is 3.92. The van der Waals surface area contributed by atoms with E-state index in [1.54, 1.807) is 6.07 Å². The summed E-state index contributed by atoms with van der Waals surface area (Å²) in [6.45, 7) is 0. The second kappa shape index (κ2) is 10.3. The van der Waals surface area contributed by atoms with Gasteiger partial charge >= 0.3 is 5.97 Å². The first-order valence-electron chi connectivity index (χ1n) is 14.8. The van der Waals surface area contributed by atoms with E-state index in [1.807, 2.05) is 138 Å². The van der Waals surface area contributed by atoms with Gasteiger partial charge in [-0.3, -0.25) is 9.59 Å². The summed E-state index contributed by atoms with van der Waals surface area (Å²) >= 11 is 0. The monoisotopic (exact) mass is 576 g/mol. The SMILES string of the molecule is O=C(OC(c1ccccc1)c1ccccc1)C1C2C(=O)N(c3cccc4ccccc34)C(=O)C2C2C=Cc3ccccc3N21. The lowest BCUT2D eigenvalue weighted by Crippen LogP contribution is -2.49. The predicted octanol–water partition coefficient (Wildman–Crippen LogP) is 6.56. The Balaban J connectivity index is 1.24. The molecule has 4 atom stereocenters. The average molecular weight is 577 g/mol. The van der Waals surface area contributed by atoms with E-state index in [9.17, 15) is 14.4 Å². The first kappa shape index (κ1) is 26.2. The molecule has 0 N–H and O–H groups in total. The van der Waals surface area contributed by atoms with Crippen LogP contribution in [0.5, 0.6) is 0 Å². The number of esters is 1. The molecule has 0 radical (unpaired) electrons. The molecule has 2 fully saturated rings. The van der Waals surface area contributed by atoms with Crippen molar-refractivity contribution in [1.29, 1.82) is 0 Å². The standard InChI is InChI=1S/C38H28N2O4/c41-36-32-31-23-22-25-13-8-10-20-29(25)39(31)34(33(32)37(42)40(36)30-21-11-18-24-12-7-9-19-28(24)30)38(43)44-35(26-14-3-1-4-15-26)27-16-5-2-6-17-27/h1-23,31-35H. The van der Waals surface area contributed by atoms with Gasteiger partial charge in [-0.15, -0.1) is 0 Å². The van der Waals surface area contributed by atoms with Crippen LogP contribution in [-0.4, -0.2) is 29.9 Å². The third-order valence-electron chi connectivity index (χ3n) is 9.10. The van der Waals surface area contributed by atoms with Crippen molar-refractivity contribution in [3.05, 3.63) is 150 Å². The third kappa shape index (κ3) is 3.98. The normalized spacial score (nSPS) is 21.8. The van der Waals surface area contributed by atoms with Gasteiger partial charge in [-0.05, 0) is 34.2 Å². The molecule has 2 saturated heterocycles. The van der Waals surface area contributed by atoms with Gasteiger partial charge in [0.15, 0.2) is 6.10 Å². The number of fused-ring (bicyclic) bond motifs is 6. The summed E-state index contributed by atoms with van der Waals surface area (Å²) in [7, 11) is 0. The van der Waals surface area contributed by atoms with E-state index >= 15 is 0 Å². The molecule has 214 valence electrons. The Kier molecular flexibility index (Phi) is 6.15. The molecule has 0 aromatic heterocycles. The van der Waals surface area contributed by atoms with Gasteiger partial charge in [0.25, 0.3) is 0 Å². The van der Waals surface area contributed by atoms with E-state index in [4.69, 9.17) is 4.74 Å². The van der Waals surface area contributed by atoms with E-state index in [0.717, 1.165) is 33.2 Å². The van der Waals surface area contributed by atoms with Crippen LogP contribution in [0, 0.1) is 11.8 Å². The van der Waals surface area contributed by atoms with Crippen molar-refractivity contribution in [2.24, 2.45) is 11.8 Å². The van der Waals surface area contributed by atoms with E-state index in [1.165, 1.54) is 4.90 Å². The van der Waals surface area contributed by atoms with E-state index in [-0.39, 0.29) is 11.8 Å². The van der Waals surface area contributed by atoms with Gasteiger partial charge in [0, 0.05) is 11.1 Å². The zero-order valence-electron chi connectivity index (χ0n) is 23.7. The summed E-state index contributed by atoms with van der Waals surface area (Å²) < 4.78 is 6.39. The molecule has 6 heteroatoms. The molecule has 6 nitrogen and oxygen atoms in total. The minimum Gasteiger partial charge on any atom is -0.451 e. The summed E-state index contributed by atoms with van der Waals surface area (Å²) in [6, 6.07) is 38.8. The second-order valence-electron chi connectivity index (χ2n) is 11.5. The van der Waals surface area contributed by atoms with Crippen LogP contribution in [0.1, 0.15) is 22.8 Å². The Morgan fingerprint density at radius 2 is 1.23 bits per heavy atom. The average Bonchev–Trinajstić information content (AvgIpc) is 3.56. The molecule has 2 amide bonds. The first-order valence-corrected chi connectivity index (χ1v) is 14.8.